The molecule has 0 amide bonds. The van der Waals surface area contributed by atoms with Crippen molar-refractivity contribution in [3.8, 4) is 0 Å². The maximum atomic E-state index is 10.8. The summed E-state index contributed by atoms with van der Waals surface area (Å²) in [5.41, 5.74) is 0. The first-order valence-corrected chi connectivity index (χ1v) is 5.23. The van der Waals surface area contributed by atoms with Crippen molar-refractivity contribution in [1.82, 2.24) is 0 Å². The Morgan fingerprint density at radius 2 is 1.80 bits per heavy atom. The van der Waals surface area contributed by atoms with E-state index in [1.807, 2.05) is 0 Å². The molecule has 0 aliphatic heterocycles. The van der Waals surface area contributed by atoms with Gasteiger partial charge in [-0.2, -0.15) is 0 Å². The highest BCUT2D eigenvalue weighted by Gasteiger charge is 2.05. The van der Waals surface area contributed by atoms with E-state index in [0.717, 1.165) is 0 Å². The molecule has 0 saturated carbocycles. The van der Waals surface area contributed by atoms with Crippen molar-refractivity contribution in [3.05, 3.63) is 0 Å². The highest BCUT2D eigenvalue weighted by Crippen LogP contribution is 1.95. The normalized spacial score (nSPS) is 11.8. The lowest BCUT2D eigenvalue weighted by Gasteiger charge is -1.97. The summed E-state index contributed by atoms with van der Waals surface area (Å²) in [7, 11) is -2.83. The molecule has 0 N–H and O–H groups in total. The molecule has 0 aliphatic carbocycles. The minimum atomic E-state index is -2.83. The Balaban J connectivity index is 3.49. The summed E-state index contributed by atoms with van der Waals surface area (Å²) in [5, 5.41) is 9.91. The Hall–Kier alpha value is -0.0900. The van der Waals surface area contributed by atoms with E-state index in [1.54, 1.807) is 6.92 Å². The van der Waals surface area contributed by atoms with Crippen LogP contribution in [0, 0.1) is 0 Å². The van der Waals surface area contributed by atoms with Crippen LogP contribution in [-0.4, -0.2) is 26.5 Å². The minimum absolute atomic E-state index is 0.167. The second kappa shape index (κ2) is 4.68. The van der Waals surface area contributed by atoms with Crippen molar-refractivity contribution in [2.75, 3.05) is 18.1 Å². The van der Waals surface area contributed by atoms with Gasteiger partial charge < -0.3 is 0 Å². The van der Waals surface area contributed by atoms with Gasteiger partial charge >= 0.3 is 0 Å². The fourth-order valence-corrected chi connectivity index (χ4v) is 1.50. The molecule has 0 atom stereocenters. The van der Waals surface area contributed by atoms with E-state index >= 15 is 0 Å². The summed E-state index contributed by atoms with van der Waals surface area (Å²) < 4.78 is 21.5. The standard InChI is InChI=1S/C6H13O3S/c1-2-10(8,9)6-4-3-5-7/h2-6H2,1H3. The van der Waals surface area contributed by atoms with Crippen molar-refractivity contribution in [1.29, 1.82) is 0 Å². The molecule has 0 saturated heterocycles. The van der Waals surface area contributed by atoms with Gasteiger partial charge in [-0.15, -0.1) is 0 Å². The molecule has 0 aliphatic rings. The summed E-state index contributed by atoms with van der Waals surface area (Å²) in [4.78, 5) is 0. The third kappa shape index (κ3) is 4.76. The Morgan fingerprint density at radius 1 is 1.20 bits per heavy atom. The lowest BCUT2D eigenvalue weighted by molar-refractivity contribution is 0.188. The smallest absolute Gasteiger partial charge is 0.150 e. The maximum Gasteiger partial charge on any atom is 0.150 e. The van der Waals surface area contributed by atoms with Crippen LogP contribution in [-0.2, 0) is 14.9 Å². The molecule has 61 valence electrons. The predicted molar refractivity (Wildman–Crippen MR) is 39.1 cm³/mol. The van der Waals surface area contributed by atoms with Crippen LogP contribution in [0.5, 0.6) is 0 Å². The first kappa shape index (κ1) is 9.91. The van der Waals surface area contributed by atoms with Crippen LogP contribution in [0.1, 0.15) is 19.8 Å². The van der Waals surface area contributed by atoms with Gasteiger partial charge in [-0.3, -0.25) is 0 Å². The quantitative estimate of drug-likeness (QED) is 0.561. The number of rotatable bonds is 5. The van der Waals surface area contributed by atoms with Crippen molar-refractivity contribution >= 4 is 9.84 Å². The second-order valence-corrected chi connectivity index (χ2v) is 4.62. The summed E-state index contributed by atoms with van der Waals surface area (Å²) in [5.74, 6) is 0.359. The molecule has 1 radical (unpaired) electrons. The number of unbranched alkanes of at least 4 members (excludes halogenated alkanes) is 1. The highest BCUT2D eigenvalue weighted by molar-refractivity contribution is 7.91. The fraction of sp³-hybridized carbons (Fsp3) is 1.00. The van der Waals surface area contributed by atoms with Crippen molar-refractivity contribution < 1.29 is 13.5 Å². The van der Waals surface area contributed by atoms with Gasteiger partial charge in [-0.25, -0.2) is 13.5 Å². The molecule has 0 heterocycles. The van der Waals surface area contributed by atoms with Crippen molar-refractivity contribution in [2.24, 2.45) is 0 Å². The average Bonchev–Trinajstić information content (AvgIpc) is 1.89. The van der Waals surface area contributed by atoms with Crippen LogP contribution in [0.3, 0.4) is 0 Å². The van der Waals surface area contributed by atoms with Crippen molar-refractivity contribution in [2.45, 2.75) is 19.8 Å². The molecule has 3 nitrogen and oxygen atoms in total. The van der Waals surface area contributed by atoms with Gasteiger partial charge in [0, 0.05) is 5.75 Å². The van der Waals surface area contributed by atoms with Gasteiger partial charge in [0.05, 0.1) is 12.4 Å². The van der Waals surface area contributed by atoms with E-state index in [-0.39, 0.29) is 18.1 Å². The molecular weight excluding hydrogens is 152 g/mol. The molecule has 0 unspecified atom stereocenters. The Labute approximate surface area is 62.0 Å². The molecule has 0 bridgehead atoms. The minimum Gasteiger partial charge on any atom is -0.237 e. The summed E-state index contributed by atoms with van der Waals surface area (Å²) in [6.07, 6.45) is 0.985. The summed E-state index contributed by atoms with van der Waals surface area (Å²) >= 11 is 0. The number of hydrogen-bond donors (Lipinski definition) is 0. The van der Waals surface area contributed by atoms with Crippen molar-refractivity contribution in [3.63, 3.8) is 0 Å². The zero-order valence-corrected chi connectivity index (χ0v) is 6.99. The van der Waals surface area contributed by atoms with Crippen LogP contribution in [0.25, 0.3) is 0 Å². The zero-order valence-electron chi connectivity index (χ0n) is 6.17. The van der Waals surface area contributed by atoms with Crippen LogP contribution < -0.4 is 0 Å². The average molecular weight is 165 g/mol. The first-order valence-electron chi connectivity index (χ1n) is 3.41. The van der Waals surface area contributed by atoms with E-state index in [4.69, 9.17) is 0 Å². The lowest BCUT2D eigenvalue weighted by Crippen LogP contribution is -2.08. The third-order valence-corrected chi connectivity index (χ3v) is 3.08. The SMILES string of the molecule is CCS(=O)(=O)CCCC[O]. The zero-order chi connectivity index (χ0) is 8.04. The summed E-state index contributed by atoms with van der Waals surface area (Å²) in [6, 6.07) is 0. The highest BCUT2D eigenvalue weighted by atomic mass is 32.2. The van der Waals surface area contributed by atoms with Gasteiger partial charge in [0.15, 0.2) is 0 Å². The fourth-order valence-electron chi connectivity index (χ4n) is 0.568. The van der Waals surface area contributed by atoms with Crippen LogP contribution in [0.15, 0.2) is 0 Å². The third-order valence-electron chi connectivity index (χ3n) is 1.29. The largest absolute Gasteiger partial charge is 0.237 e. The molecular formula is C6H13O3S. The first-order chi connectivity index (χ1) is 4.62. The van der Waals surface area contributed by atoms with Gasteiger partial charge in [0.25, 0.3) is 0 Å². The van der Waals surface area contributed by atoms with E-state index < -0.39 is 9.84 Å². The molecule has 0 rings (SSSR count). The Bertz CT molecular complexity index is 160. The van der Waals surface area contributed by atoms with Gasteiger partial charge in [-0.1, -0.05) is 6.92 Å². The molecule has 0 fully saturated rings. The molecule has 0 aromatic rings. The Kier molecular flexibility index (Phi) is 4.64. The Morgan fingerprint density at radius 3 is 2.20 bits per heavy atom. The maximum absolute atomic E-state index is 10.8. The van der Waals surface area contributed by atoms with Gasteiger partial charge in [-0.05, 0) is 12.8 Å². The van der Waals surface area contributed by atoms with E-state index in [9.17, 15) is 13.5 Å². The van der Waals surface area contributed by atoms with Crippen LogP contribution >= 0.6 is 0 Å². The van der Waals surface area contributed by atoms with E-state index in [0.29, 0.717) is 12.8 Å². The molecule has 0 spiro atoms. The second-order valence-electron chi connectivity index (χ2n) is 2.15. The topological polar surface area (TPSA) is 54.0 Å². The van der Waals surface area contributed by atoms with E-state index in [1.165, 1.54) is 0 Å². The van der Waals surface area contributed by atoms with Gasteiger partial charge in [0.1, 0.15) is 9.84 Å². The van der Waals surface area contributed by atoms with Gasteiger partial charge in [0.2, 0.25) is 0 Å². The molecule has 0 aromatic carbocycles. The van der Waals surface area contributed by atoms with E-state index in [2.05, 4.69) is 0 Å². The molecule has 4 heteroatoms. The predicted octanol–water partition coefficient (Wildman–Crippen LogP) is 0.632. The summed E-state index contributed by atoms with van der Waals surface area (Å²) in [6.45, 7) is 1.45. The number of sulfone groups is 1. The van der Waals surface area contributed by atoms with Crippen LogP contribution in [0.2, 0.25) is 0 Å². The van der Waals surface area contributed by atoms with Crippen LogP contribution in [0.4, 0.5) is 0 Å². The molecule has 10 heavy (non-hydrogen) atoms. The monoisotopic (exact) mass is 165 g/mol. The lowest BCUT2D eigenvalue weighted by atomic mass is 10.4. The molecule has 0 aromatic heterocycles. The number of hydrogen-bond acceptors (Lipinski definition) is 2.